The van der Waals surface area contributed by atoms with Gasteiger partial charge in [0.05, 0.1) is 12.4 Å². The van der Waals surface area contributed by atoms with Gasteiger partial charge in [-0.05, 0) is 12.8 Å². The summed E-state index contributed by atoms with van der Waals surface area (Å²) in [7, 11) is -2.08. The van der Waals surface area contributed by atoms with E-state index in [2.05, 4.69) is 4.74 Å². The van der Waals surface area contributed by atoms with E-state index in [0.29, 0.717) is 19.4 Å². The van der Waals surface area contributed by atoms with Crippen LogP contribution in [0.25, 0.3) is 0 Å². The summed E-state index contributed by atoms with van der Waals surface area (Å²) in [5, 5.41) is 8.84. The van der Waals surface area contributed by atoms with Crippen LogP contribution in [0.4, 0.5) is 0 Å². The van der Waals surface area contributed by atoms with Crippen LogP contribution in [0.1, 0.15) is 12.8 Å². The molecule has 1 saturated heterocycles. The van der Waals surface area contributed by atoms with Gasteiger partial charge in [-0.1, -0.05) is 0 Å². The molecule has 0 aromatic rings. The summed E-state index contributed by atoms with van der Waals surface area (Å²) in [6.45, 7) is 0.383. The summed E-state index contributed by atoms with van der Waals surface area (Å²) < 4.78 is 29.1. The molecule has 0 amide bonds. The van der Waals surface area contributed by atoms with E-state index in [4.69, 9.17) is 5.11 Å². The molecule has 0 aromatic heterocycles. The summed E-state index contributed by atoms with van der Waals surface area (Å²) in [6.07, 6.45) is 0.991. The Kier molecular flexibility index (Phi) is 4.06. The summed E-state index contributed by atoms with van der Waals surface area (Å²) >= 11 is 0. The molecule has 6 nitrogen and oxygen atoms in total. The largest absolute Gasteiger partial charge is 0.480 e. The normalized spacial score (nSPS) is 23.1. The number of ether oxygens (including phenoxy) is 1. The molecule has 88 valence electrons. The van der Waals surface area contributed by atoms with E-state index in [-0.39, 0.29) is 12.4 Å². The number of hydrogen-bond donors (Lipinski definition) is 1. The van der Waals surface area contributed by atoms with Crippen LogP contribution in [0.5, 0.6) is 0 Å². The lowest BCUT2D eigenvalue weighted by atomic mass is 10.2. The van der Waals surface area contributed by atoms with Gasteiger partial charge in [0.1, 0.15) is 6.04 Å². The van der Waals surface area contributed by atoms with Crippen LogP contribution >= 0.6 is 0 Å². The minimum Gasteiger partial charge on any atom is -0.480 e. The highest BCUT2D eigenvalue weighted by molar-refractivity contribution is 7.89. The van der Waals surface area contributed by atoms with E-state index >= 15 is 0 Å². The van der Waals surface area contributed by atoms with Gasteiger partial charge in [-0.2, -0.15) is 4.31 Å². The fraction of sp³-hybridized carbons (Fsp3) is 0.875. The van der Waals surface area contributed by atoms with Crippen molar-refractivity contribution in [1.82, 2.24) is 4.31 Å². The third-order valence-corrected chi connectivity index (χ3v) is 4.23. The molecule has 15 heavy (non-hydrogen) atoms. The Morgan fingerprint density at radius 3 is 2.80 bits per heavy atom. The predicted octanol–water partition coefficient (Wildman–Crippen LogP) is -0.488. The van der Waals surface area contributed by atoms with Gasteiger partial charge in [0, 0.05) is 13.7 Å². The van der Waals surface area contributed by atoms with E-state index in [9.17, 15) is 13.2 Å². The molecule has 1 aliphatic rings. The third kappa shape index (κ3) is 2.90. The average molecular weight is 237 g/mol. The zero-order chi connectivity index (χ0) is 11.5. The van der Waals surface area contributed by atoms with Crippen molar-refractivity contribution in [2.75, 3.05) is 26.0 Å². The highest BCUT2D eigenvalue weighted by atomic mass is 32.2. The minimum atomic E-state index is -3.49. The minimum absolute atomic E-state index is 0.0885. The highest BCUT2D eigenvalue weighted by Gasteiger charge is 2.38. The van der Waals surface area contributed by atoms with Gasteiger partial charge in [0.15, 0.2) is 0 Å². The van der Waals surface area contributed by atoms with Crippen molar-refractivity contribution in [3.8, 4) is 0 Å². The molecule has 1 aliphatic heterocycles. The zero-order valence-electron chi connectivity index (χ0n) is 8.55. The summed E-state index contributed by atoms with van der Waals surface area (Å²) in [6, 6.07) is -0.896. The van der Waals surface area contributed by atoms with Gasteiger partial charge in [-0.25, -0.2) is 8.42 Å². The average Bonchev–Trinajstić information content (AvgIpc) is 2.63. The van der Waals surface area contributed by atoms with Gasteiger partial charge in [-0.15, -0.1) is 0 Å². The zero-order valence-corrected chi connectivity index (χ0v) is 9.37. The van der Waals surface area contributed by atoms with E-state index < -0.39 is 22.0 Å². The first-order chi connectivity index (χ1) is 6.99. The van der Waals surface area contributed by atoms with E-state index in [0.717, 1.165) is 4.31 Å². The van der Waals surface area contributed by atoms with Crippen molar-refractivity contribution in [2.24, 2.45) is 0 Å². The number of rotatable bonds is 5. The highest BCUT2D eigenvalue weighted by Crippen LogP contribution is 2.21. The van der Waals surface area contributed by atoms with Crippen molar-refractivity contribution in [2.45, 2.75) is 18.9 Å². The van der Waals surface area contributed by atoms with Gasteiger partial charge in [-0.3, -0.25) is 4.79 Å². The number of sulfonamides is 1. The van der Waals surface area contributed by atoms with Crippen LogP contribution in [0, 0.1) is 0 Å². The lowest BCUT2D eigenvalue weighted by molar-refractivity contribution is -0.140. The molecule has 1 unspecified atom stereocenters. The van der Waals surface area contributed by atoms with Crippen LogP contribution in [-0.2, 0) is 19.6 Å². The Hall–Kier alpha value is -0.660. The number of hydrogen-bond acceptors (Lipinski definition) is 4. The summed E-state index contributed by atoms with van der Waals surface area (Å²) in [5.41, 5.74) is 0. The Bertz CT molecular complexity index is 326. The third-order valence-electron chi connectivity index (χ3n) is 2.39. The Labute approximate surface area is 88.9 Å². The maximum Gasteiger partial charge on any atom is 0.322 e. The molecule has 0 spiro atoms. The molecule has 0 radical (unpaired) electrons. The summed E-state index contributed by atoms with van der Waals surface area (Å²) in [4.78, 5) is 10.8. The molecule has 1 N–H and O–H groups in total. The Morgan fingerprint density at radius 1 is 1.60 bits per heavy atom. The molecule has 0 aliphatic carbocycles. The second-order valence-corrected chi connectivity index (χ2v) is 5.46. The fourth-order valence-corrected chi connectivity index (χ4v) is 3.23. The molecule has 1 atom stereocenters. The van der Waals surface area contributed by atoms with E-state index in [1.807, 2.05) is 0 Å². The fourth-order valence-electron chi connectivity index (χ4n) is 1.63. The number of aliphatic carboxylic acids is 1. The summed E-state index contributed by atoms with van der Waals surface area (Å²) in [5.74, 6) is -1.23. The maximum absolute atomic E-state index is 11.7. The van der Waals surface area contributed by atoms with Crippen molar-refractivity contribution < 1.29 is 23.1 Å². The molecule has 7 heteroatoms. The SMILES string of the molecule is COCCS(=O)(=O)N1CCCC1C(=O)O. The van der Waals surface area contributed by atoms with Gasteiger partial charge in [0.2, 0.25) is 10.0 Å². The Balaban J connectivity index is 2.73. The van der Waals surface area contributed by atoms with Crippen molar-refractivity contribution in [3.05, 3.63) is 0 Å². The van der Waals surface area contributed by atoms with Crippen molar-refractivity contribution >= 4 is 16.0 Å². The van der Waals surface area contributed by atoms with Gasteiger partial charge in [0.25, 0.3) is 0 Å². The standard InChI is InChI=1S/C8H15NO5S/c1-14-5-6-15(12,13)9-4-2-3-7(9)8(10)11/h7H,2-6H2,1H3,(H,10,11). The first kappa shape index (κ1) is 12.4. The number of carbonyl (C=O) groups is 1. The second-order valence-electron chi connectivity index (χ2n) is 3.42. The lowest BCUT2D eigenvalue weighted by Gasteiger charge is -2.20. The quantitative estimate of drug-likeness (QED) is 0.697. The van der Waals surface area contributed by atoms with Gasteiger partial charge < -0.3 is 9.84 Å². The van der Waals surface area contributed by atoms with Crippen molar-refractivity contribution in [1.29, 1.82) is 0 Å². The Morgan fingerprint density at radius 2 is 2.27 bits per heavy atom. The molecule has 0 bridgehead atoms. The molecule has 0 saturated carbocycles. The van der Waals surface area contributed by atoms with Crippen LogP contribution in [-0.4, -0.2) is 55.9 Å². The molecule has 1 rings (SSSR count). The monoisotopic (exact) mass is 237 g/mol. The molecular weight excluding hydrogens is 222 g/mol. The smallest absolute Gasteiger partial charge is 0.322 e. The molecule has 0 aromatic carbocycles. The van der Waals surface area contributed by atoms with Crippen molar-refractivity contribution in [3.63, 3.8) is 0 Å². The number of carboxylic acids is 1. The number of methoxy groups -OCH3 is 1. The first-order valence-electron chi connectivity index (χ1n) is 4.70. The molecule has 1 fully saturated rings. The number of carboxylic acid groups (broad SMARTS) is 1. The topological polar surface area (TPSA) is 83.9 Å². The van der Waals surface area contributed by atoms with E-state index in [1.165, 1.54) is 7.11 Å². The van der Waals surface area contributed by atoms with Crippen LogP contribution in [0.3, 0.4) is 0 Å². The van der Waals surface area contributed by atoms with Crippen LogP contribution in [0.2, 0.25) is 0 Å². The number of nitrogens with zero attached hydrogens (tertiary/aromatic N) is 1. The lowest BCUT2D eigenvalue weighted by Crippen LogP contribution is -2.42. The van der Waals surface area contributed by atoms with Gasteiger partial charge >= 0.3 is 5.97 Å². The molecular formula is C8H15NO5S. The first-order valence-corrected chi connectivity index (χ1v) is 6.31. The second kappa shape index (κ2) is 4.91. The molecule has 1 heterocycles. The van der Waals surface area contributed by atoms with E-state index in [1.54, 1.807) is 0 Å². The van der Waals surface area contributed by atoms with Crippen LogP contribution < -0.4 is 0 Å². The maximum atomic E-state index is 11.7. The predicted molar refractivity (Wildman–Crippen MR) is 53.0 cm³/mol. The van der Waals surface area contributed by atoms with Crippen LogP contribution in [0.15, 0.2) is 0 Å².